The molecule has 0 radical (unpaired) electrons. The van der Waals surface area contributed by atoms with E-state index in [0.29, 0.717) is 22.6 Å². The summed E-state index contributed by atoms with van der Waals surface area (Å²) in [7, 11) is -0.713. The Bertz CT molecular complexity index is 876. The van der Waals surface area contributed by atoms with Gasteiger partial charge in [-0.2, -0.15) is 0 Å². The Morgan fingerprint density at radius 1 is 1.12 bits per heavy atom. The van der Waals surface area contributed by atoms with E-state index in [9.17, 15) is 13.2 Å². The van der Waals surface area contributed by atoms with Crippen LogP contribution in [0.15, 0.2) is 41.3 Å². The van der Waals surface area contributed by atoms with Gasteiger partial charge in [-0.05, 0) is 55.3 Å². The Morgan fingerprint density at radius 2 is 1.83 bits per heavy atom. The van der Waals surface area contributed by atoms with Crippen LogP contribution in [0.4, 0.5) is 5.69 Å². The smallest absolute Gasteiger partial charge is 0.261 e. The van der Waals surface area contributed by atoms with Gasteiger partial charge in [0, 0.05) is 12.6 Å². The molecule has 0 unspecified atom stereocenters. The van der Waals surface area contributed by atoms with Crippen LogP contribution in [0, 0.1) is 13.8 Å². The number of ether oxygens (including phenoxy) is 1. The highest BCUT2D eigenvalue weighted by molar-refractivity contribution is 7.92. The van der Waals surface area contributed by atoms with Gasteiger partial charge in [0.05, 0.1) is 17.7 Å². The van der Waals surface area contributed by atoms with Gasteiger partial charge in [-0.15, -0.1) is 0 Å². The lowest BCUT2D eigenvalue weighted by molar-refractivity contribution is 0.0962. The van der Waals surface area contributed by atoms with E-state index in [1.54, 1.807) is 44.2 Å². The zero-order valence-electron chi connectivity index (χ0n) is 14.0. The molecule has 0 aliphatic rings. The lowest BCUT2D eigenvalue weighted by Crippen LogP contribution is -2.20. The van der Waals surface area contributed by atoms with Gasteiger partial charge >= 0.3 is 0 Å². The quantitative estimate of drug-likeness (QED) is 0.869. The number of sulfonamides is 1. The van der Waals surface area contributed by atoms with Gasteiger partial charge in [0.2, 0.25) is 0 Å². The van der Waals surface area contributed by atoms with Crippen LogP contribution < -0.4 is 14.8 Å². The van der Waals surface area contributed by atoms with Gasteiger partial charge in [0.15, 0.2) is 0 Å². The van der Waals surface area contributed by atoms with E-state index in [4.69, 9.17) is 4.74 Å². The number of anilines is 1. The molecule has 2 aromatic rings. The molecule has 2 N–H and O–H groups in total. The van der Waals surface area contributed by atoms with Gasteiger partial charge < -0.3 is 10.1 Å². The molecule has 0 saturated heterocycles. The van der Waals surface area contributed by atoms with Crippen LogP contribution in [0.3, 0.4) is 0 Å². The maximum absolute atomic E-state index is 12.6. The highest BCUT2D eigenvalue weighted by Gasteiger charge is 2.18. The van der Waals surface area contributed by atoms with E-state index in [-0.39, 0.29) is 10.8 Å². The van der Waals surface area contributed by atoms with Crippen molar-refractivity contribution in [2.75, 3.05) is 18.9 Å². The van der Waals surface area contributed by atoms with Crippen molar-refractivity contribution in [3.8, 4) is 5.75 Å². The molecule has 6 nitrogen and oxygen atoms in total. The number of nitrogens with one attached hydrogen (secondary N) is 2. The molecule has 0 bridgehead atoms. The van der Waals surface area contributed by atoms with Crippen LogP contribution in [0.25, 0.3) is 0 Å². The number of hydrogen-bond donors (Lipinski definition) is 2. The molecule has 0 fully saturated rings. The van der Waals surface area contributed by atoms with Crippen molar-refractivity contribution in [2.24, 2.45) is 0 Å². The van der Waals surface area contributed by atoms with E-state index in [1.165, 1.54) is 20.2 Å². The minimum atomic E-state index is -3.77. The summed E-state index contributed by atoms with van der Waals surface area (Å²) in [4.78, 5) is 12.0. The topological polar surface area (TPSA) is 84.5 Å². The number of rotatable bonds is 5. The molecule has 24 heavy (non-hydrogen) atoms. The number of carbonyl (C=O) groups excluding carboxylic acids is 1. The standard InChI is InChI=1S/C17H20N2O4S/c1-11-10-13(8-9-16(11)23-4)24(21,22)19-15-7-5-6-14(12(15)2)17(20)18-3/h5-10,19H,1-4H3,(H,18,20). The Kier molecular flexibility index (Phi) is 5.14. The molecule has 0 atom stereocenters. The third kappa shape index (κ3) is 3.51. The van der Waals surface area contributed by atoms with Crippen molar-refractivity contribution < 1.29 is 17.9 Å². The summed E-state index contributed by atoms with van der Waals surface area (Å²) in [5.41, 5.74) is 2.06. The highest BCUT2D eigenvalue weighted by Crippen LogP contribution is 2.25. The Hall–Kier alpha value is -2.54. The molecule has 2 rings (SSSR count). The van der Waals surface area contributed by atoms with Crippen LogP contribution in [0.2, 0.25) is 0 Å². The average Bonchev–Trinajstić information content (AvgIpc) is 2.55. The van der Waals surface area contributed by atoms with Gasteiger partial charge in [-0.3, -0.25) is 9.52 Å². The lowest BCUT2D eigenvalue weighted by atomic mass is 10.1. The molecule has 1 amide bonds. The maximum Gasteiger partial charge on any atom is 0.261 e. The summed E-state index contributed by atoms with van der Waals surface area (Å²) >= 11 is 0. The summed E-state index contributed by atoms with van der Waals surface area (Å²) in [6, 6.07) is 9.52. The average molecular weight is 348 g/mol. The number of hydrogen-bond acceptors (Lipinski definition) is 4. The van der Waals surface area contributed by atoms with Crippen LogP contribution in [-0.4, -0.2) is 28.5 Å². The SMILES string of the molecule is CNC(=O)c1cccc(NS(=O)(=O)c2ccc(OC)c(C)c2)c1C. The lowest BCUT2D eigenvalue weighted by Gasteiger charge is -2.14. The minimum Gasteiger partial charge on any atom is -0.496 e. The summed E-state index contributed by atoms with van der Waals surface area (Å²) in [5, 5.41) is 2.53. The third-order valence-corrected chi connectivity index (χ3v) is 5.09. The zero-order valence-corrected chi connectivity index (χ0v) is 14.8. The minimum absolute atomic E-state index is 0.130. The monoisotopic (exact) mass is 348 g/mol. The second kappa shape index (κ2) is 6.92. The van der Waals surface area contributed by atoms with Crippen molar-refractivity contribution in [1.82, 2.24) is 5.32 Å². The van der Waals surface area contributed by atoms with E-state index in [1.807, 2.05) is 0 Å². The molecular weight excluding hydrogens is 328 g/mol. The van der Waals surface area contributed by atoms with Crippen LogP contribution in [-0.2, 0) is 10.0 Å². The first-order chi connectivity index (χ1) is 11.3. The summed E-state index contributed by atoms with van der Waals surface area (Å²) < 4.78 is 32.9. The van der Waals surface area contributed by atoms with Crippen molar-refractivity contribution in [3.05, 3.63) is 53.1 Å². The molecule has 2 aromatic carbocycles. The first-order valence-electron chi connectivity index (χ1n) is 7.29. The van der Waals surface area contributed by atoms with Gasteiger partial charge in [0.1, 0.15) is 5.75 Å². The molecule has 0 aliphatic carbocycles. The first kappa shape index (κ1) is 17.8. The van der Waals surface area contributed by atoms with E-state index >= 15 is 0 Å². The molecule has 128 valence electrons. The van der Waals surface area contributed by atoms with Gasteiger partial charge in [0.25, 0.3) is 15.9 Å². The van der Waals surface area contributed by atoms with Crippen LogP contribution >= 0.6 is 0 Å². The Balaban J connectivity index is 2.40. The summed E-state index contributed by atoms with van der Waals surface area (Å²) in [6.07, 6.45) is 0. The summed E-state index contributed by atoms with van der Waals surface area (Å²) in [6.45, 7) is 3.47. The fraction of sp³-hybridized carbons (Fsp3) is 0.235. The Labute approximate surface area is 141 Å². The van der Waals surface area contributed by atoms with Crippen LogP contribution in [0.1, 0.15) is 21.5 Å². The van der Waals surface area contributed by atoms with E-state index < -0.39 is 10.0 Å². The summed E-state index contributed by atoms with van der Waals surface area (Å²) in [5.74, 6) is 0.348. The number of aryl methyl sites for hydroxylation is 1. The number of methoxy groups -OCH3 is 1. The molecule has 0 heterocycles. The van der Waals surface area contributed by atoms with Crippen molar-refractivity contribution in [2.45, 2.75) is 18.7 Å². The molecular formula is C17H20N2O4S. The predicted molar refractivity (Wildman–Crippen MR) is 93.1 cm³/mol. The fourth-order valence-corrected chi connectivity index (χ4v) is 3.56. The van der Waals surface area contributed by atoms with E-state index in [0.717, 1.165) is 5.56 Å². The van der Waals surface area contributed by atoms with Crippen molar-refractivity contribution >= 4 is 21.6 Å². The second-order valence-corrected chi connectivity index (χ2v) is 6.98. The second-order valence-electron chi connectivity index (χ2n) is 5.29. The molecule has 0 saturated carbocycles. The number of benzene rings is 2. The fourth-order valence-electron chi connectivity index (χ4n) is 2.35. The van der Waals surface area contributed by atoms with Gasteiger partial charge in [-0.25, -0.2) is 8.42 Å². The third-order valence-electron chi connectivity index (χ3n) is 3.73. The highest BCUT2D eigenvalue weighted by atomic mass is 32.2. The molecule has 0 spiro atoms. The van der Waals surface area contributed by atoms with Crippen LogP contribution in [0.5, 0.6) is 5.75 Å². The van der Waals surface area contributed by atoms with E-state index in [2.05, 4.69) is 10.0 Å². The zero-order chi connectivity index (χ0) is 17.9. The number of carbonyl (C=O) groups is 1. The van der Waals surface area contributed by atoms with Crippen molar-refractivity contribution in [3.63, 3.8) is 0 Å². The first-order valence-corrected chi connectivity index (χ1v) is 8.77. The molecule has 0 aromatic heterocycles. The Morgan fingerprint density at radius 3 is 2.42 bits per heavy atom. The number of amides is 1. The molecule has 0 aliphatic heterocycles. The maximum atomic E-state index is 12.6. The van der Waals surface area contributed by atoms with Gasteiger partial charge in [-0.1, -0.05) is 6.07 Å². The molecule has 7 heteroatoms. The largest absolute Gasteiger partial charge is 0.496 e. The van der Waals surface area contributed by atoms with Crippen molar-refractivity contribution in [1.29, 1.82) is 0 Å². The normalized spacial score (nSPS) is 11.0. The predicted octanol–water partition coefficient (Wildman–Crippen LogP) is 2.47.